The molecule has 3 atom stereocenters. The fraction of sp³-hybridized carbons (Fsp3) is 0.560. The first kappa shape index (κ1) is 22.3. The summed E-state index contributed by atoms with van der Waals surface area (Å²) < 4.78 is 0. The van der Waals surface area contributed by atoms with Crippen LogP contribution in [-0.2, 0) is 6.42 Å². The van der Waals surface area contributed by atoms with Crippen LogP contribution in [0.25, 0.3) is 0 Å². The highest BCUT2D eigenvalue weighted by Gasteiger charge is 2.31. The first-order valence-electron chi connectivity index (χ1n) is 11.4. The highest BCUT2D eigenvalue weighted by molar-refractivity contribution is 5.99. The van der Waals surface area contributed by atoms with Gasteiger partial charge in [0, 0.05) is 43.5 Å². The Morgan fingerprint density at radius 1 is 1.30 bits per heavy atom. The van der Waals surface area contributed by atoms with E-state index in [1.165, 1.54) is 24.1 Å². The van der Waals surface area contributed by atoms with Crippen LogP contribution in [0.5, 0.6) is 0 Å². The molecule has 3 unspecified atom stereocenters. The summed E-state index contributed by atoms with van der Waals surface area (Å²) in [6, 6.07) is 4.13. The van der Waals surface area contributed by atoms with Crippen molar-refractivity contribution in [3.05, 3.63) is 47.3 Å². The molecule has 0 amide bonds. The van der Waals surface area contributed by atoms with E-state index < -0.39 is 0 Å². The number of nitrogens with one attached hydrogen (secondary N) is 2. The van der Waals surface area contributed by atoms with E-state index in [0.29, 0.717) is 11.8 Å². The highest BCUT2D eigenvalue weighted by atomic mass is 15.2. The molecule has 1 aromatic heterocycles. The van der Waals surface area contributed by atoms with Crippen LogP contribution in [0.15, 0.2) is 51.7 Å². The molecule has 1 fully saturated rings. The molecular weight excluding hydrogens is 370 g/mol. The van der Waals surface area contributed by atoms with Gasteiger partial charge in [0.25, 0.3) is 0 Å². The Morgan fingerprint density at radius 3 is 2.80 bits per heavy atom. The molecular formula is C25H37N5. The maximum atomic E-state index is 4.62. The summed E-state index contributed by atoms with van der Waals surface area (Å²) in [5.41, 5.74) is 4.88. The van der Waals surface area contributed by atoms with Gasteiger partial charge in [0.05, 0.1) is 0 Å². The maximum absolute atomic E-state index is 4.62. The van der Waals surface area contributed by atoms with Crippen molar-refractivity contribution in [3.8, 4) is 0 Å². The normalized spacial score (nSPS) is 25.0. The van der Waals surface area contributed by atoms with Gasteiger partial charge in [-0.1, -0.05) is 39.0 Å². The van der Waals surface area contributed by atoms with Crippen molar-refractivity contribution < 1.29 is 0 Å². The number of hydrogen-bond donors (Lipinski definition) is 2. The summed E-state index contributed by atoms with van der Waals surface area (Å²) in [6.45, 7) is 9.92. The Kier molecular flexibility index (Phi) is 7.83. The lowest BCUT2D eigenvalue weighted by Gasteiger charge is -2.23. The van der Waals surface area contributed by atoms with Crippen molar-refractivity contribution in [2.24, 2.45) is 27.7 Å². The van der Waals surface area contributed by atoms with Crippen molar-refractivity contribution >= 4 is 17.5 Å². The quantitative estimate of drug-likeness (QED) is 0.492. The Bertz CT molecular complexity index is 849. The molecule has 30 heavy (non-hydrogen) atoms. The lowest BCUT2D eigenvalue weighted by molar-refractivity contribution is 0.465. The summed E-state index contributed by atoms with van der Waals surface area (Å²) in [4.78, 5) is 13.7. The molecule has 0 spiro atoms. The standard InChI is InChI=1S/C25H37N5/c1-6-9-23(22-15-17(2)14-18(22)3)29-25(26-5)30-24-21(11-8-13-28-24)16-20-10-7-12-27-19(20)4/h8-11,13,17-18,22H,6-7,12,14-16H2,1-5H3,(H2,26,28,29,30). The number of aliphatic imine (C=N–C) groups is 2. The predicted molar refractivity (Wildman–Crippen MR) is 128 cm³/mol. The molecule has 3 rings (SSSR count). The van der Waals surface area contributed by atoms with E-state index in [1.807, 2.05) is 19.3 Å². The lowest BCUT2D eigenvalue weighted by Crippen LogP contribution is -2.34. The van der Waals surface area contributed by atoms with Crippen molar-refractivity contribution in [2.45, 2.75) is 59.8 Å². The molecule has 2 heterocycles. The fourth-order valence-corrected chi connectivity index (χ4v) is 4.72. The third kappa shape index (κ3) is 5.59. The molecule has 162 valence electrons. The number of dihydropyridines is 1. The second kappa shape index (κ2) is 10.6. The van der Waals surface area contributed by atoms with Crippen LogP contribution in [-0.4, -0.2) is 30.2 Å². The molecule has 5 nitrogen and oxygen atoms in total. The third-order valence-corrected chi connectivity index (χ3v) is 6.27. The SMILES string of the molecule is CCC=C(NC(=NC)Nc1ncccc1CC1=CCCN=C1C)C1CC(C)CC1C. The first-order valence-corrected chi connectivity index (χ1v) is 11.4. The third-order valence-electron chi connectivity index (χ3n) is 6.27. The van der Waals surface area contributed by atoms with Crippen molar-refractivity contribution in [1.82, 2.24) is 10.3 Å². The molecule has 0 saturated heterocycles. The van der Waals surface area contributed by atoms with Crippen LogP contribution in [0, 0.1) is 17.8 Å². The number of guanidine groups is 1. The van der Waals surface area contributed by atoms with E-state index >= 15 is 0 Å². The van der Waals surface area contributed by atoms with Crippen LogP contribution in [0.2, 0.25) is 0 Å². The van der Waals surface area contributed by atoms with E-state index in [2.05, 4.69) is 71.5 Å². The van der Waals surface area contributed by atoms with Gasteiger partial charge in [-0.3, -0.25) is 9.98 Å². The maximum Gasteiger partial charge on any atom is 0.200 e. The van der Waals surface area contributed by atoms with Gasteiger partial charge in [0.1, 0.15) is 5.82 Å². The Hall–Kier alpha value is -2.43. The predicted octanol–water partition coefficient (Wildman–Crippen LogP) is 5.38. The zero-order valence-corrected chi connectivity index (χ0v) is 19.2. The highest BCUT2D eigenvalue weighted by Crippen LogP contribution is 2.39. The van der Waals surface area contributed by atoms with Crippen molar-refractivity contribution in [1.29, 1.82) is 0 Å². The number of anilines is 1. The van der Waals surface area contributed by atoms with Crippen molar-refractivity contribution in [3.63, 3.8) is 0 Å². The van der Waals surface area contributed by atoms with E-state index in [1.54, 1.807) is 0 Å². The molecule has 1 saturated carbocycles. The van der Waals surface area contributed by atoms with E-state index in [0.717, 1.165) is 54.8 Å². The monoisotopic (exact) mass is 407 g/mol. The largest absolute Gasteiger partial charge is 0.330 e. The zero-order chi connectivity index (χ0) is 21.5. The Labute approximate surface area is 181 Å². The minimum absolute atomic E-state index is 0.563. The molecule has 1 aliphatic carbocycles. The summed E-state index contributed by atoms with van der Waals surface area (Å²) in [5, 5.41) is 7.07. The van der Waals surface area contributed by atoms with Crippen LogP contribution >= 0.6 is 0 Å². The molecule has 1 aliphatic heterocycles. The van der Waals surface area contributed by atoms with E-state index in [4.69, 9.17) is 0 Å². The van der Waals surface area contributed by atoms with Gasteiger partial charge >= 0.3 is 0 Å². The Morgan fingerprint density at radius 2 is 2.13 bits per heavy atom. The van der Waals surface area contributed by atoms with Gasteiger partial charge in [0.2, 0.25) is 5.96 Å². The number of pyridine rings is 1. The van der Waals surface area contributed by atoms with E-state index in [9.17, 15) is 0 Å². The second-order valence-corrected chi connectivity index (χ2v) is 8.72. The molecule has 2 aliphatic rings. The molecule has 1 aromatic rings. The summed E-state index contributed by atoms with van der Waals surface area (Å²) in [6.07, 6.45) is 11.8. The van der Waals surface area contributed by atoms with Gasteiger partial charge < -0.3 is 10.6 Å². The van der Waals surface area contributed by atoms with Gasteiger partial charge in [-0.15, -0.1) is 0 Å². The lowest BCUT2D eigenvalue weighted by atomic mass is 9.93. The van der Waals surface area contributed by atoms with Gasteiger partial charge in [-0.05, 0) is 61.6 Å². The van der Waals surface area contributed by atoms with Crippen LogP contribution in [0.4, 0.5) is 5.82 Å². The number of nitrogens with zero attached hydrogens (tertiary/aromatic N) is 3. The summed E-state index contributed by atoms with van der Waals surface area (Å²) >= 11 is 0. The number of rotatable bonds is 6. The molecule has 2 N–H and O–H groups in total. The van der Waals surface area contributed by atoms with Gasteiger partial charge in [-0.2, -0.15) is 0 Å². The summed E-state index contributed by atoms with van der Waals surface area (Å²) in [5.74, 6) is 3.64. The molecule has 0 bridgehead atoms. The number of allylic oxidation sites excluding steroid dienone is 3. The van der Waals surface area contributed by atoms with E-state index in [-0.39, 0.29) is 0 Å². The second-order valence-electron chi connectivity index (χ2n) is 8.72. The molecule has 5 heteroatoms. The van der Waals surface area contributed by atoms with Gasteiger partial charge in [0.15, 0.2) is 0 Å². The van der Waals surface area contributed by atoms with Crippen LogP contribution in [0.1, 0.15) is 58.9 Å². The molecule has 0 radical (unpaired) electrons. The smallest absolute Gasteiger partial charge is 0.200 e. The average Bonchev–Trinajstić information content (AvgIpc) is 3.07. The minimum atomic E-state index is 0.563. The first-order chi connectivity index (χ1) is 14.5. The summed E-state index contributed by atoms with van der Waals surface area (Å²) in [7, 11) is 1.82. The number of aromatic nitrogens is 1. The van der Waals surface area contributed by atoms with Crippen LogP contribution < -0.4 is 10.6 Å². The van der Waals surface area contributed by atoms with Crippen LogP contribution in [0.3, 0.4) is 0 Å². The zero-order valence-electron chi connectivity index (χ0n) is 19.2. The van der Waals surface area contributed by atoms with Gasteiger partial charge in [-0.25, -0.2) is 4.98 Å². The number of hydrogen-bond acceptors (Lipinski definition) is 3. The molecule has 0 aromatic carbocycles. The fourth-order valence-electron chi connectivity index (χ4n) is 4.72. The van der Waals surface area contributed by atoms with Crippen molar-refractivity contribution in [2.75, 3.05) is 18.9 Å². The Balaban J connectivity index is 1.75. The topological polar surface area (TPSA) is 61.7 Å². The average molecular weight is 408 g/mol. The minimum Gasteiger partial charge on any atom is -0.330 e.